The minimum absolute atomic E-state index is 0. The molecule has 27 heavy (non-hydrogen) atoms. The van der Waals surface area contributed by atoms with Crippen LogP contribution < -0.4 is 5.73 Å². The zero-order chi connectivity index (χ0) is 19.9. The third kappa shape index (κ3) is 6.03. The molecule has 0 unspecified atom stereocenters. The van der Waals surface area contributed by atoms with Gasteiger partial charge in [0.25, 0.3) is 0 Å². The summed E-state index contributed by atoms with van der Waals surface area (Å²) in [6, 6.07) is 10.3. The molecular weight excluding hydrogens is 421 g/mol. The van der Waals surface area contributed by atoms with Gasteiger partial charge in [0, 0.05) is 16.6 Å². The van der Waals surface area contributed by atoms with Crippen molar-refractivity contribution >= 4 is 16.1 Å². The van der Waals surface area contributed by atoms with Crippen LogP contribution in [0.5, 0.6) is 0 Å². The van der Waals surface area contributed by atoms with Gasteiger partial charge in [-0.15, -0.1) is 0 Å². The van der Waals surface area contributed by atoms with Crippen molar-refractivity contribution in [1.29, 1.82) is 21.0 Å². The van der Waals surface area contributed by atoms with Crippen molar-refractivity contribution in [1.82, 2.24) is 9.97 Å². The molecule has 2 heterocycles. The summed E-state index contributed by atoms with van der Waals surface area (Å²) in [4.78, 5) is 7.99. The van der Waals surface area contributed by atoms with Crippen LogP contribution in [0.2, 0.25) is 0 Å². The number of nitrogen functional groups attached to an aromatic ring is 1. The first-order valence-corrected chi connectivity index (χ1v) is 7.57. The number of anilines is 1. The molecule has 2 aromatic rings. The van der Waals surface area contributed by atoms with Crippen LogP contribution in [0.3, 0.4) is 0 Å². The van der Waals surface area contributed by atoms with Gasteiger partial charge in [-0.05, 0) is 12.1 Å². The summed E-state index contributed by atoms with van der Waals surface area (Å²) in [7, 11) is -5.17. The summed E-state index contributed by atoms with van der Waals surface area (Å²) in [5.41, 5.74) is 5.52. The SMILES string of the molecule is N#Cc1cccnc1-c1nc(C#N)c(C#N)c(N)c1C#N.O=S(=O)([O-])[O-].[Co+2]. The van der Waals surface area contributed by atoms with Crippen LogP contribution in [0.25, 0.3) is 11.4 Å². The van der Waals surface area contributed by atoms with E-state index in [9.17, 15) is 5.26 Å². The topological polar surface area (TPSA) is 227 Å². The monoisotopic (exact) mass is 426 g/mol. The van der Waals surface area contributed by atoms with E-state index in [1.54, 1.807) is 18.2 Å². The zero-order valence-corrected chi connectivity index (χ0v) is 14.7. The van der Waals surface area contributed by atoms with E-state index < -0.39 is 10.4 Å². The number of nitrogens with two attached hydrogens (primary N) is 1. The van der Waals surface area contributed by atoms with Crippen molar-refractivity contribution in [2.45, 2.75) is 0 Å². The van der Waals surface area contributed by atoms with Gasteiger partial charge in [0.1, 0.15) is 46.8 Å². The molecule has 0 aromatic carbocycles. The molecule has 0 bridgehead atoms. The van der Waals surface area contributed by atoms with Gasteiger partial charge >= 0.3 is 16.8 Å². The Kier molecular flexibility index (Phi) is 8.51. The number of nitriles is 4. The van der Waals surface area contributed by atoms with Gasteiger partial charge in [0.15, 0.2) is 5.69 Å². The second kappa shape index (κ2) is 9.80. The summed E-state index contributed by atoms with van der Waals surface area (Å²) in [5.74, 6) is 0. The van der Waals surface area contributed by atoms with E-state index in [-0.39, 0.29) is 56.2 Å². The van der Waals surface area contributed by atoms with Crippen LogP contribution in [0.4, 0.5) is 5.69 Å². The Bertz CT molecular complexity index is 1130. The minimum Gasteiger partial charge on any atom is -0.759 e. The number of rotatable bonds is 1. The summed E-state index contributed by atoms with van der Waals surface area (Å²) in [6.07, 6.45) is 1.43. The number of hydrogen-bond donors (Lipinski definition) is 1. The van der Waals surface area contributed by atoms with Crippen molar-refractivity contribution in [3.8, 4) is 35.7 Å². The van der Waals surface area contributed by atoms with Crippen LogP contribution in [0.15, 0.2) is 18.3 Å². The average Bonchev–Trinajstić information content (AvgIpc) is 2.59. The van der Waals surface area contributed by atoms with Crippen molar-refractivity contribution in [3.63, 3.8) is 0 Å². The van der Waals surface area contributed by atoms with Crippen molar-refractivity contribution < 1.29 is 34.3 Å². The van der Waals surface area contributed by atoms with Crippen LogP contribution >= 0.6 is 0 Å². The molecule has 0 aliphatic rings. The Morgan fingerprint density at radius 1 is 0.963 bits per heavy atom. The summed E-state index contributed by atoms with van der Waals surface area (Å²) in [5, 5.41) is 36.4. The predicted octanol–water partition coefficient (Wildman–Crippen LogP) is -0.128. The minimum atomic E-state index is -5.17. The third-order valence-electron chi connectivity index (χ3n) is 2.72. The number of hydrogen-bond acceptors (Lipinski definition) is 11. The smallest absolute Gasteiger partial charge is 0.759 e. The molecule has 2 N–H and O–H groups in total. The van der Waals surface area contributed by atoms with E-state index in [0.29, 0.717) is 0 Å². The summed E-state index contributed by atoms with van der Waals surface area (Å²) < 4.78 is 34.1. The number of nitrogens with zero attached hydrogens (tertiary/aromatic N) is 6. The van der Waals surface area contributed by atoms with Gasteiger partial charge in [0.2, 0.25) is 0 Å². The molecule has 0 aliphatic heterocycles. The maximum atomic E-state index is 9.23. The Morgan fingerprint density at radius 2 is 1.52 bits per heavy atom. The van der Waals surface area contributed by atoms with E-state index in [4.69, 9.17) is 39.0 Å². The molecule has 0 atom stereocenters. The van der Waals surface area contributed by atoms with Crippen molar-refractivity contribution in [3.05, 3.63) is 40.7 Å². The third-order valence-corrected chi connectivity index (χ3v) is 2.72. The number of aromatic nitrogens is 2. The first kappa shape index (κ1) is 23.4. The Hall–Kier alpha value is -3.56. The van der Waals surface area contributed by atoms with Gasteiger partial charge < -0.3 is 14.8 Å². The Balaban J connectivity index is 0.00000100. The van der Waals surface area contributed by atoms with Gasteiger partial charge in [-0.1, -0.05) is 0 Å². The molecule has 1 radical (unpaired) electrons. The average molecular weight is 426 g/mol. The fourth-order valence-electron chi connectivity index (χ4n) is 1.77. The molecule has 0 saturated heterocycles. The number of pyridine rings is 2. The largest absolute Gasteiger partial charge is 2.00 e. The van der Waals surface area contributed by atoms with E-state index in [2.05, 4.69) is 9.97 Å². The Morgan fingerprint density at radius 3 is 1.96 bits per heavy atom. The molecule has 0 spiro atoms. The molecule has 0 aliphatic carbocycles. The molecule has 13 heteroatoms. The fourth-order valence-corrected chi connectivity index (χ4v) is 1.77. The fraction of sp³-hybridized carbons (Fsp3) is 0. The first-order valence-electron chi connectivity index (χ1n) is 6.23. The summed E-state index contributed by atoms with van der Waals surface area (Å²) in [6.45, 7) is 0. The molecule has 0 fully saturated rings. The predicted molar refractivity (Wildman–Crippen MR) is 81.2 cm³/mol. The van der Waals surface area contributed by atoms with Crippen LogP contribution in [0, 0.1) is 45.3 Å². The quantitative estimate of drug-likeness (QED) is 0.466. The van der Waals surface area contributed by atoms with Gasteiger partial charge in [-0.2, -0.15) is 21.0 Å². The molecule has 0 amide bonds. The van der Waals surface area contributed by atoms with Gasteiger partial charge in [-0.3, -0.25) is 13.4 Å². The van der Waals surface area contributed by atoms with Crippen molar-refractivity contribution in [2.75, 3.05) is 5.73 Å². The second-order valence-electron chi connectivity index (χ2n) is 4.23. The molecular formula is C14H5CoN7O4S. The van der Waals surface area contributed by atoms with Crippen molar-refractivity contribution in [2.24, 2.45) is 0 Å². The van der Waals surface area contributed by atoms with E-state index in [1.165, 1.54) is 12.3 Å². The second-order valence-corrected chi connectivity index (χ2v) is 5.04. The maximum absolute atomic E-state index is 9.23. The molecule has 2 aromatic heterocycles. The molecule has 0 saturated carbocycles. The molecule has 135 valence electrons. The normalized spacial score (nSPS) is 9.11. The van der Waals surface area contributed by atoms with Crippen LogP contribution in [0.1, 0.15) is 22.4 Å². The maximum Gasteiger partial charge on any atom is 2.00 e. The van der Waals surface area contributed by atoms with E-state index in [0.717, 1.165) is 0 Å². The Labute approximate surface area is 163 Å². The van der Waals surface area contributed by atoms with Crippen LogP contribution in [-0.4, -0.2) is 27.5 Å². The zero-order valence-electron chi connectivity index (χ0n) is 12.9. The van der Waals surface area contributed by atoms with E-state index >= 15 is 0 Å². The van der Waals surface area contributed by atoms with E-state index in [1.807, 2.05) is 12.1 Å². The molecule has 2 rings (SSSR count). The first-order chi connectivity index (χ1) is 12.2. The molecule has 11 nitrogen and oxygen atoms in total. The van der Waals surface area contributed by atoms with Crippen LogP contribution in [-0.2, 0) is 27.2 Å². The van der Waals surface area contributed by atoms with Gasteiger partial charge in [-0.25, -0.2) is 4.98 Å². The van der Waals surface area contributed by atoms with Gasteiger partial charge in [0.05, 0.1) is 11.3 Å². The summed E-state index contributed by atoms with van der Waals surface area (Å²) >= 11 is 0. The standard InChI is InChI=1S/C14H5N7.Co.H2O4S/c15-4-8-2-1-3-20-13(8)14-10(6-17)12(19)9(5-16)11(7-18)21-14;;1-5(2,3)4/h1-3H,(H2,19,21);;(H2,1,2,3,4)/q;+2;/p-2.